The molecule has 18 heavy (non-hydrogen) atoms. The van der Waals surface area contributed by atoms with Gasteiger partial charge in [-0.15, -0.1) is 11.3 Å². The van der Waals surface area contributed by atoms with Gasteiger partial charge in [0.2, 0.25) is 0 Å². The minimum absolute atomic E-state index is 0.731. The van der Waals surface area contributed by atoms with Crippen LogP contribution in [0.2, 0.25) is 0 Å². The Morgan fingerprint density at radius 3 is 2.94 bits per heavy atom. The Hall–Kier alpha value is -1.28. The zero-order chi connectivity index (χ0) is 12.4. The van der Waals surface area contributed by atoms with Gasteiger partial charge in [0, 0.05) is 0 Å². The van der Waals surface area contributed by atoms with Gasteiger partial charge in [-0.1, -0.05) is 24.3 Å². The molecule has 0 aliphatic heterocycles. The molecule has 1 aliphatic rings. The second kappa shape index (κ2) is 5.15. The van der Waals surface area contributed by atoms with Gasteiger partial charge in [-0.05, 0) is 66.2 Å². The molecule has 1 aromatic heterocycles. The standard InChI is InChI=1S/C16H19NS/c17-16-14(10-11-18-16)9-8-13-6-3-5-12-4-1-2-7-15(12)13/h1-2,4,7,10-11,13H,3,5-6,8-9,17H2. The van der Waals surface area contributed by atoms with Crippen molar-refractivity contribution >= 4 is 16.3 Å². The average Bonchev–Trinajstić information content (AvgIpc) is 2.82. The Labute approximate surface area is 113 Å². The van der Waals surface area contributed by atoms with E-state index in [2.05, 4.69) is 35.7 Å². The minimum Gasteiger partial charge on any atom is -0.390 e. The van der Waals surface area contributed by atoms with Gasteiger partial charge < -0.3 is 5.73 Å². The topological polar surface area (TPSA) is 26.0 Å². The maximum atomic E-state index is 5.97. The van der Waals surface area contributed by atoms with Crippen molar-refractivity contribution in [2.45, 2.75) is 38.0 Å². The van der Waals surface area contributed by atoms with Crippen molar-refractivity contribution < 1.29 is 0 Å². The lowest BCUT2D eigenvalue weighted by Gasteiger charge is -2.25. The normalized spacial score (nSPS) is 18.6. The second-order valence-corrected chi connectivity index (χ2v) is 6.08. The lowest BCUT2D eigenvalue weighted by molar-refractivity contribution is 0.521. The fraction of sp³-hybridized carbons (Fsp3) is 0.375. The molecule has 1 atom stereocenters. The van der Waals surface area contributed by atoms with Crippen LogP contribution in [-0.4, -0.2) is 0 Å². The molecule has 94 valence electrons. The molecule has 1 aromatic carbocycles. The number of aryl methyl sites for hydroxylation is 2. The lowest BCUT2D eigenvalue weighted by Crippen LogP contribution is -2.10. The van der Waals surface area contributed by atoms with Gasteiger partial charge in [0.15, 0.2) is 0 Å². The summed E-state index contributed by atoms with van der Waals surface area (Å²) < 4.78 is 0. The highest BCUT2D eigenvalue weighted by atomic mass is 32.1. The van der Waals surface area contributed by atoms with E-state index < -0.39 is 0 Å². The molecule has 0 saturated carbocycles. The number of benzene rings is 1. The Morgan fingerprint density at radius 1 is 1.22 bits per heavy atom. The van der Waals surface area contributed by atoms with E-state index in [1.165, 1.54) is 31.2 Å². The zero-order valence-corrected chi connectivity index (χ0v) is 11.4. The maximum Gasteiger partial charge on any atom is 0.0888 e. The van der Waals surface area contributed by atoms with Crippen molar-refractivity contribution in [3.05, 3.63) is 52.4 Å². The lowest BCUT2D eigenvalue weighted by atomic mass is 9.80. The highest BCUT2D eigenvalue weighted by molar-refractivity contribution is 7.14. The monoisotopic (exact) mass is 257 g/mol. The predicted molar refractivity (Wildman–Crippen MR) is 79.2 cm³/mol. The molecule has 0 fully saturated rings. The molecule has 2 heteroatoms. The van der Waals surface area contributed by atoms with E-state index in [1.807, 2.05) is 0 Å². The van der Waals surface area contributed by atoms with Crippen LogP contribution in [0.1, 0.15) is 41.9 Å². The smallest absolute Gasteiger partial charge is 0.0888 e. The maximum absolute atomic E-state index is 5.97. The molecule has 0 spiro atoms. The van der Waals surface area contributed by atoms with Crippen LogP contribution in [0.15, 0.2) is 35.7 Å². The highest BCUT2D eigenvalue weighted by Gasteiger charge is 2.19. The Bertz CT molecular complexity index is 529. The van der Waals surface area contributed by atoms with Crippen LogP contribution in [0.4, 0.5) is 5.00 Å². The fourth-order valence-corrected chi connectivity index (χ4v) is 3.74. The molecule has 0 amide bonds. The molecule has 1 unspecified atom stereocenters. The molecule has 1 nitrogen and oxygen atoms in total. The van der Waals surface area contributed by atoms with Gasteiger partial charge >= 0.3 is 0 Å². The summed E-state index contributed by atoms with van der Waals surface area (Å²) in [6.07, 6.45) is 6.28. The van der Waals surface area contributed by atoms with E-state index in [0.717, 1.165) is 17.3 Å². The average molecular weight is 257 g/mol. The zero-order valence-electron chi connectivity index (χ0n) is 10.6. The van der Waals surface area contributed by atoms with Crippen molar-refractivity contribution in [2.24, 2.45) is 0 Å². The summed E-state index contributed by atoms with van der Waals surface area (Å²) in [5.41, 5.74) is 10.4. The van der Waals surface area contributed by atoms with E-state index in [0.29, 0.717) is 0 Å². The van der Waals surface area contributed by atoms with Crippen molar-refractivity contribution in [1.82, 2.24) is 0 Å². The Kier molecular flexibility index (Phi) is 3.37. The number of thiophene rings is 1. The first-order valence-corrected chi connectivity index (χ1v) is 7.62. The van der Waals surface area contributed by atoms with Crippen molar-refractivity contribution in [1.29, 1.82) is 0 Å². The van der Waals surface area contributed by atoms with E-state index in [4.69, 9.17) is 5.73 Å². The largest absolute Gasteiger partial charge is 0.390 e. The van der Waals surface area contributed by atoms with Gasteiger partial charge in [-0.3, -0.25) is 0 Å². The number of nitrogen functional groups attached to an aromatic ring is 1. The van der Waals surface area contributed by atoms with Crippen molar-refractivity contribution in [2.75, 3.05) is 5.73 Å². The van der Waals surface area contributed by atoms with E-state index in [9.17, 15) is 0 Å². The third kappa shape index (κ3) is 2.30. The number of fused-ring (bicyclic) bond motifs is 1. The van der Waals surface area contributed by atoms with Gasteiger partial charge in [0.25, 0.3) is 0 Å². The van der Waals surface area contributed by atoms with E-state index in [1.54, 1.807) is 22.5 Å². The number of rotatable bonds is 3. The van der Waals surface area contributed by atoms with Crippen LogP contribution in [0, 0.1) is 0 Å². The molecule has 3 rings (SSSR count). The summed E-state index contributed by atoms with van der Waals surface area (Å²) in [6, 6.07) is 11.1. The summed E-state index contributed by atoms with van der Waals surface area (Å²) in [5, 5.41) is 3.10. The number of hydrogen-bond acceptors (Lipinski definition) is 2. The summed E-state index contributed by atoms with van der Waals surface area (Å²) in [4.78, 5) is 0. The summed E-state index contributed by atoms with van der Waals surface area (Å²) in [5.74, 6) is 0.731. The van der Waals surface area contributed by atoms with Crippen LogP contribution in [-0.2, 0) is 12.8 Å². The van der Waals surface area contributed by atoms with Crippen LogP contribution in [0.5, 0.6) is 0 Å². The molecule has 0 saturated heterocycles. The molecule has 0 radical (unpaired) electrons. The Balaban J connectivity index is 1.73. The first-order chi connectivity index (χ1) is 8.84. The van der Waals surface area contributed by atoms with E-state index in [-0.39, 0.29) is 0 Å². The molecule has 2 N–H and O–H groups in total. The Morgan fingerprint density at radius 2 is 2.11 bits per heavy atom. The summed E-state index contributed by atoms with van der Waals surface area (Å²) in [7, 11) is 0. The summed E-state index contributed by atoms with van der Waals surface area (Å²) >= 11 is 1.65. The highest BCUT2D eigenvalue weighted by Crippen LogP contribution is 2.35. The number of nitrogens with two attached hydrogens (primary N) is 1. The molecular weight excluding hydrogens is 238 g/mol. The van der Waals surface area contributed by atoms with Gasteiger partial charge in [0.05, 0.1) is 5.00 Å². The van der Waals surface area contributed by atoms with Gasteiger partial charge in [-0.25, -0.2) is 0 Å². The van der Waals surface area contributed by atoms with Crippen LogP contribution in [0.25, 0.3) is 0 Å². The third-order valence-corrected chi connectivity index (χ3v) is 4.82. The van der Waals surface area contributed by atoms with Crippen LogP contribution < -0.4 is 5.73 Å². The third-order valence-electron chi connectivity index (χ3n) is 4.04. The number of anilines is 1. The minimum atomic E-state index is 0.731. The first kappa shape index (κ1) is 11.8. The van der Waals surface area contributed by atoms with Gasteiger partial charge in [0.1, 0.15) is 0 Å². The molecular formula is C16H19NS. The molecule has 1 aliphatic carbocycles. The molecule has 2 aromatic rings. The van der Waals surface area contributed by atoms with Crippen molar-refractivity contribution in [3.63, 3.8) is 0 Å². The SMILES string of the molecule is Nc1sccc1CCC1CCCc2ccccc21. The predicted octanol–water partition coefficient (Wildman–Crippen LogP) is 4.38. The van der Waals surface area contributed by atoms with Crippen LogP contribution in [0.3, 0.4) is 0 Å². The second-order valence-electron chi connectivity index (χ2n) is 5.14. The molecule has 0 bridgehead atoms. The van der Waals surface area contributed by atoms with Gasteiger partial charge in [-0.2, -0.15) is 0 Å². The quantitative estimate of drug-likeness (QED) is 0.867. The first-order valence-electron chi connectivity index (χ1n) is 6.74. The fourth-order valence-electron chi connectivity index (χ4n) is 3.04. The molecule has 1 heterocycles. The van der Waals surface area contributed by atoms with Crippen molar-refractivity contribution in [3.8, 4) is 0 Å². The van der Waals surface area contributed by atoms with E-state index >= 15 is 0 Å². The summed E-state index contributed by atoms with van der Waals surface area (Å²) in [6.45, 7) is 0. The van der Waals surface area contributed by atoms with Crippen LogP contribution >= 0.6 is 11.3 Å². The number of hydrogen-bond donors (Lipinski definition) is 1.